The van der Waals surface area contributed by atoms with Gasteiger partial charge in [-0.1, -0.05) is 31.5 Å². The van der Waals surface area contributed by atoms with E-state index in [0.717, 1.165) is 48.8 Å². The zero-order valence-corrected chi connectivity index (χ0v) is 28.0. The number of pyridine rings is 2. The first-order chi connectivity index (χ1) is 24.0. The number of benzene rings is 1. The molecular formula is C37H43N7O5. The van der Waals surface area contributed by atoms with Gasteiger partial charge in [0.1, 0.15) is 18.4 Å². The quantitative estimate of drug-likeness (QED) is 0.198. The molecule has 0 unspecified atom stereocenters. The first-order valence-corrected chi connectivity index (χ1v) is 16.6. The highest BCUT2D eigenvalue weighted by molar-refractivity contribution is 5.78. The van der Waals surface area contributed by atoms with Crippen molar-refractivity contribution < 1.29 is 23.8 Å². The molecule has 6 heterocycles. The molecule has 0 atom stereocenters. The molecule has 0 N–H and O–H groups in total. The van der Waals surface area contributed by atoms with Gasteiger partial charge in [-0.3, -0.25) is 14.5 Å². The maximum absolute atomic E-state index is 12.5. The Bertz CT molecular complexity index is 1700. The van der Waals surface area contributed by atoms with E-state index in [0.29, 0.717) is 24.7 Å². The van der Waals surface area contributed by atoms with E-state index >= 15 is 0 Å². The summed E-state index contributed by atoms with van der Waals surface area (Å²) in [6.07, 6.45) is 18.3. The summed E-state index contributed by atoms with van der Waals surface area (Å²) in [6.45, 7) is 5.69. The third kappa shape index (κ3) is 10.4. The number of carbonyl (C=O) groups is 2. The highest BCUT2D eigenvalue weighted by Crippen LogP contribution is 2.19. The molecule has 49 heavy (non-hydrogen) atoms. The molecule has 0 radical (unpaired) electrons. The van der Waals surface area contributed by atoms with Crippen LogP contribution < -0.4 is 4.74 Å². The molecule has 7 rings (SSSR count). The number of nitrogens with zero attached hydrogens (tertiary/aromatic N) is 7. The Morgan fingerprint density at radius 1 is 0.755 bits per heavy atom. The largest absolute Gasteiger partial charge is 0.424 e. The minimum absolute atomic E-state index is 0.0605. The van der Waals surface area contributed by atoms with E-state index in [1.807, 2.05) is 37.4 Å². The van der Waals surface area contributed by atoms with Crippen LogP contribution in [0.2, 0.25) is 0 Å². The number of amides is 1. The van der Waals surface area contributed by atoms with Gasteiger partial charge in [0.2, 0.25) is 0 Å². The maximum Gasteiger partial charge on any atom is 0.424 e. The fraction of sp³-hybridized carbons (Fsp3) is 0.351. The highest BCUT2D eigenvalue weighted by Gasteiger charge is 2.23. The smallest absolute Gasteiger partial charge is 0.410 e. The van der Waals surface area contributed by atoms with E-state index < -0.39 is 6.09 Å². The first kappa shape index (κ1) is 35.1. The average molecular weight is 666 g/mol. The maximum atomic E-state index is 12.5. The van der Waals surface area contributed by atoms with E-state index in [9.17, 15) is 9.59 Å². The van der Waals surface area contributed by atoms with E-state index in [1.165, 1.54) is 34.7 Å². The van der Waals surface area contributed by atoms with Crippen molar-refractivity contribution in [1.29, 1.82) is 0 Å². The lowest BCUT2D eigenvalue weighted by Gasteiger charge is -2.30. The molecule has 2 aliphatic rings. The minimum Gasteiger partial charge on any atom is -0.410 e. The van der Waals surface area contributed by atoms with E-state index in [-0.39, 0.29) is 12.1 Å². The van der Waals surface area contributed by atoms with Gasteiger partial charge in [0, 0.05) is 87.8 Å². The predicted molar refractivity (Wildman–Crippen MR) is 185 cm³/mol. The Hall–Kier alpha value is -5.20. The zero-order chi connectivity index (χ0) is 34.3. The van der Waals surface area contributed by atoms with Crippen molar-refractivity contribution >= 4 is 12.1 Å². The lowest BCUT2D eigenvalue weighted by atomic mass is 9.98. The second-order valence-corrected chi connectivity index (χ2v) is 11.7. The highest BCUT2D eigenvalue weighted by atomic mass is 16.6. The summed E-state index contributed by atoms with van der Waals surface area (Å²) >= 11 is 0. The number of carbonyl (C=O) groups excluding carboxylic acids is 2. The van der Waals surface area contributed by atoms with Crippen LogP contribution in [-0.2, 0) is 9.47 Å². The van der Waals surface area contributed by atoms with Gasteiger partial charge in [0.05, 0.1) is 11.4 Å². The van der Waals surface area contributed by atoms with Gasteiger partial charge in [-0.2, -0.15) is 0 Å². The van der Waals surface area contributed by atoms with Crippen LogP contribution in [0, 0.1) is 5.92 Å². The van der Waals surface area contributed by atoms with E-state index in [2.05, 4.69) is 26.9 Å². The SMILES string of the molecule is CCC1CCOCC1.CN(C(=O)n1cnc(-c2ccncc2)c1)C1CCOCC1.O=C(Oc1ccccc1)n1cnc(-c2ccncc2)c1. The zero-order valence-electron chi connectivity index (χ0n) is 28.0. The molecule has 2 fully saturated rings. The molecule has 0 bridgehead atoms. The van der Waals surface area contributed by atoms with Crippen LogP contribution in [0.25, 0.3) is 22.5 Å². The minimum atomic E-state index is -0.496. The summed E-state index contributed by atoms with van der Waals surface area (Å²) in [5.74, 6) is 1.46. The van der Waals surface area contributed by atoms with Crippen molar-refractivity contribution in [3.8, 4) is 28.3 Å². The normalized spacial score (nSPS) is 14.8. The molecule has 12 heteroatoms. The van der Waals surface area contributed by atoms with Crippen molar-refractivity contribution in [2.24, 2.45) is 5.92 Å². The van der Waals surface area contributed by atoms with Gasteiger partial charge < -0.3 is 19.1 Å². The molecule has 2 aliphatic heterocycles. The fourth-order valence-corrected chi connectivity index (χ4v) is 5.40. The molecule has 256 valence electrons. The second kappa shape index (κ2) is 18.4. The number of rotatable bonds is 5. The van der Waals surface area contributed by atoms with Crippen molar-refractivity contribution in [2.45, 2.75) is 45.1 Å². The molecular weight excluding hydrogens is 622 g/mol. The Morgan fingerprint density at radius 2 is 1.27 bits per heavy atom. The van der Waals surface area contributed by atoms with Gasteiger partial charge in [0.25, 0.3) is 0 Å². The van der Waals surface area contributed by atoms with Crippen molar-refractivity contribution in [3.05, 3.63) is 104 Å². The summed E-state index contributed by atoms with van der Waals surface area (Å²) in [7, 11) is 1.84. The Labute approximate surface area is 286 Å². The van der Waals surface area contributed by atoms with Gasteiger partial charge in [-0.25, -0.2) is 24.1 Å². The van der Waals surface area contributed by atoms with Gasteiger partial charge >= 0.3 is 12.1 Å². The molecule has 0 spiro atoms. The Kier molecular flexibility index (Phi) is 13.2. The van der Waals surface area contributed by atoms with Crippen molar-refractivity contribution in [2.75, 3.05) is 33.5 Å². The van der Waals surface area contributed by atoms with Crippen LogP contribution >= 0.6 is 0 Å². The number of ether oxygens (including phenoxy) is 3. The number of hydrogen-bond acceptors (Lipinski definition) is 9. The van der Waals surface area contributed by atoms with Crippen molar-refractivity contribution in [1.82, 2.24) is 34.0 Å². The summed E-state index contributed by atoms with van der Waals surface area (Å²) in [4.78, 5) is 42.6. The number of para-hydroxylation sites is 1. The molecule has 12 nitrogen and oxygen atoms in total. The molecule has 0 saturated carbocycles. The third-order valence-electron chi connectivity index (χ3n) is 8.46. The lowest BCUT2D eigenvalue weighted by Crippen LogP contribution is -2.42. The molecule has 0 aliphatic carbocycles. The van der Waals surface area contributed by atoms with E-state index in [1.54, 1.807) is 72.7 Å². The van der Waals surface area contributed by atoms with Crippen LogP contribution in [0.15, 0.2) is 104 Å². The van der Waals surface area contributed by atoms with Crippen molar-refractivity contribution in [3.63, 3.8) is 0 Å². The number of hydrogen-bond donors (Lipinski definition) is 0. The lowest BCUT2D eigenvalue weighted by molar-refractivity contribution is 0.0528. The summed E-state index contributed by atoms with van der Waals surface area (Å²) < 4.78 is 18.6. The third-order valence-corrected chi connectivity index (χ3v) is 8.46. The average Bonchev–Trinajstić information content (AvgIpc) is 3.88. The summed E-state index contributed by atoms with van der Waals surface area (Å²) in [5.41, 5.74) is 3.31. The summed E-state index contributed by atoms with van der Waals surface area (Å²) in [5, 5.41) is 0. The molecule has 4 aromatic heterocycles. The topological polar surface area (TPSA) is 126 Å². The number of aromatic nitrogens is 6. The van der Waals surface area contributed by atoms with E-state index in [4.69, 9.17) is 14.2 Å². The first-order valence-electron chi connectivity index (χ1n) is 16.6. The monoisotopic (exact) mass is 665 g/mol. The van der Waals surface area contributed by atoms with Crippen LogP contribution in [0.5, 0.6) is 5.75 Å². The van der Waals surface area contributed by atoms with Gasteiger partial charge in [-0.05, 0) is 68.0 Å². The number of imidazole rings is 2. The Morgan fingerprint density at radius 3 is 1.80 bits per heavy atom. The molecule has 1 aromatic carbocycles. The van der Waals surface area contributed by atoms with Crippen LogP contribution in [0.1, 0.15) is 39.0 Å². The predicted octanol–water partition coefficient (Wildman–Crippen LogP) is 6.84. The summed E-state index contributed by atoms with van der Waals surface area (Å²) in [6, 6.07) is 16.5. The fourth-order valence-electron chi connectivity index (χ4n) is 5.40. The van der Waals surface area contributed by atoms with Crippen LogP contribution in [0.4, 0.5) is 9.59 Å². The van der Waals surface area contributed by atoms with Crippen LogP contribution in [-0.4, -0.2) is 85.6 Å². The molecule has 1 amide bonds. The molecule has 2 saturated heterocycles. The standard InChI is InChI=1S/C15H18N4O2.C15H11N3O2.C7H14O/c1-18(13-4-8-21-9-5-13)15(20)19-10-14(17-11-19)12-2-6-16-7-3-12;19-15(20-13-4-2-1-3-5-13)18-10-14(17-11-18)12-6-8-16-9-7-12;1-2-7-3-5-8-6-4-7/h2-3,6-7,10-11,13H,4-5,8-9H2,1H3;1-11H;7H,2-6H2,1H3. The second-order valence-electron chi connectivity index (χ2n) is 11.7. The van der Waals surface area contributed by atoms with Crippen LogP contribution in [0.3, 0.4) is 0 Å². The molecule has 5 aromatic rings. The Balaban J connectivity index is 0.000000157. The van der Waals surface area contributed by atoms with Gasteiger partial charge in [-0.15, -0.1) is 0 Å². The van der Waals surface area contributed by atoms with Gasteiger partial charge in [0.15, 0.2) is 0 Å².